The first-order valence-corrected chi connectivity index (χ1v) is 14.5. The molecule has 2 atom stereocenters. The second-order valence-corrected chi connectivity index (χ2v) is 11.4. The Hall–Kier alpha value is -4.03. The molecule has 1 heterocycles. The van der Waals surface area contributed by atoms with Crippen molar-refractivity contribution >= 4 is 17.6 Å². The van der Waals surface area contributed by atoms with Crippen LogP contribution >= 0.6 is 11.6 Å². The van der Waals surface area contributed by atoms with Crippen molar-refractivity contribution in [2.24, 2.45) is 0 Å². The number of halogens is 2. The van der Waals surface area contributed by atoms with E-state index in [0.717, 1.165) is 44.7 Å². The highest BCUT2D eigenvalue weighted by Gasteiger charge is 2.33. The molecule has 4 aromatic rings. The fourth-order valence-corrected chi connectivity index (χ4v) is 6.49. The zero-order valence-electron chi connectivity index (χ0n) is 23.8. The van der Waals surface area contributed by atoms with E-state index in [2.05, 4.69) is 0 Å². The summed E-state index contributed by atoms with van der Waals surface area (Å²) in [5.41, 5.74) is 7.33. The van der Waals surface area contributed by atoms with Crippen LogP contribution in [-0.4, -0.2) is 19.7 Å². The first-order valence-electron chi connectivity index (χ1n) is 14.1. The lowest BCUT2D eigenvalue weighted by molar-refractivity contribution is -0.141. The minimum absolute atomic E-state index is 0.0579. The van der Waals surface area contributed by atoms with E-state index in [0.29, 0.717) is 48.1 Å². The van der Waals surface area contributed by atoms with Gasteiger partial charge in [0.05, 0.1) is 25.2 Å². The molecule has 6 rings (SSSR count). The van der Waals surface area contributed by atoms with Crippen molar-refractivity contribution in [2.45, 2.75) is 51.7 Å². The maximum atomic E-state index is 15.5. The van der Waals surface area contributed by atoms with Gasteiger partial charge < -0.3 is 18.9 Å². The molecule has 0 saturated carbocycles. The normalized spacial score (nSPS) is 16.9. The fraction of sp³-hybridized carbons (Fsp3) is 0.286. The predicted octanol–water partition coefficient (Wildman–Crippen LogP) is 8.45. The van der Waals surface area contributed by atoms with E-state index < -0.39 is 6.10 Å². The van der Waals surface area contributed by atoms with Gasteiger partial charge in [0, 0.05) is 28.7 Å². The lowest BCUT2D eigenvalue weighted by atomic mass is 9.90. The van der Waals surface area contributed by atoms with E-state index in [9.17, 15) is 4.79 Å². The van der Waals surface area contributed by atoms with E-state index in [1.807, 2.05) is 74.5 Å². The molecular formula is C35H32ClFO5. The minimum atomic E-state index is -0.463. The van der Waals surface area contributed by atoms with Crippen LogP contribution in [0.15, 0.2) is 66.7 Å². The molecule has 0 fully saturated rings. The summed E-state index contributed by atoms with van der Waals surface area (Å²) in [7, 11) is 1.38. The third kappa shape index (κ3) is 5.43. The number of hydrogen-bond acceptors (Lipinski definition) is 5. The molecule has 1 aliphatic carbocycles. The molecule has 0 radical (unpaired) electrons. The van der Waals surface area contributed by atoms with Crippen LogP contribution in [0.4, 0.5) is 4.39 Å². The summed E-state index contributed by atoms with van der Waals surface area (Å²) in [6.45, 7) is 4.95. The minimum Gasteiger partial charge on any atom is -0.492 e. The number of benzene rings is 4. The fourth-order valence-electron chi connectivity index (χ4n) is 6.19. The Bertz CT molecular complexity index is 1630. The standard InChI is InChI=1S/C35H32ClFO5/c1-20-13-25(40-18-22-7-5-4-6-8-22)14-21(2)33(20)34-27-11-12-30(35(27)29(37)17-28(34)36)42-24-9-10-26-23(15-32(38)39-3)19-41-31(26)16-24/h4-10,13-14,16-17,23,30H,11-12,15,18-19H2,1-3H3/t23-,30?/m1/s1. The summed E-state index contributed by atoms with van der Waals surface area (Å²) in [5.74, 6) is 1.35. The maximum absolute atomic E-state index is 15.5. The summed E-state index contributed by atoms with van der Waals surface area (Å²) in [6, 6.07) is 21.1. The molecule has 2 aliphatic rings. The summed E-state index contributed by atoms with van der Waals surface area (Å²) in [5, 5.41) is 0.388. The van der Waals surface area contributed by atoms with E-state index in [1.165, 1.54) is 13.2 Å². The van der Waals surface area contributed by atoms with Gasteiger partial charge in [-0.15, -0.1) is 0 Å². The van der Waals surface area contributed by atoms with Gasteiger partial charge in [-0.2, -0.15) is 0 Å². The molecular weight excluding hydrogens is 555 g/mol. The third-order valence-electron chi connectivity index (χ3n) is 8.14. The van der Waals surface area contributed by atoms with Crippen molar-refractivity contribution in [2.75, 3.05) is 13.7 Å². The van der Waals surface area contributed by atoms with Gasteiger partial charge in [-0.1, -0.05) is 48.0 Å². The Labute approximate surface area is 250 Å². The number of rotatable bonds is 8. The van der Waals surface area contributed by atoms with Gasteiger partial charge in [0.1, 0.15) is 35.8 Å². The number of fused-ring (bicyclic) bond motifs is 2. The second-order valence-electron chi connectivity index (χ2n) is 10.9. The predicted molar refractivity (Wildman–Crippen MR) is 160 cm³/mol. The lowest BCUT2D eigenvalue weighted by Crippen LogP contribution is -2.09. The average Bonchev–Trinajstić information content (AvgIpc) is 3.57. The summed E-state index contributed by atoms with van der Waals surface area (Å²) >= 11 is 6.74. The summed E-state index contributed by atoms with van der Waals surface area (Å²) in [4.78, 5) is 11.8. The molecule has 0 aromatic heterocycles. The van der Waals surface area contributed by atoms with Gasteiger partial charge in [-0.3, -0.25) is 4.79 Å². The van der Waals surface area contributed by atoms with Gasteiger partial charge in [-0.05, 0) is 78.8 Å². The lowest BCUT2D eigenvalue weighted by Gasteiger charge is -2.20. The third-order valence-corrected chi connectivity index (χ3v) is 8.44. The highest BCUT2D eigenvalue weighted by molar-refractivity contribution is 6.33. The van der Waals surface area contributed by atoms with Gasteiger partial charge in [0.15, 0.2) is 0 Å². The molecule has 0 amide bonds. The van der Waals surface area contributed by atoms with Gasteiger partial charge in [0.2, 0.25) is 0 Å². The average molecular weight is 587 g/mol. The number of hydrogen-bond donors (Lipinski definition) is 0. The first-order chi connectivity index (χ1) is 20.3. The van der Waals surface area contributed by atoms with Crippen LogP contribution in [0.1, 0.15) is 58.2 Å². The smallest absolute Gasteiger partial charge is 0.306 e. The van der Waals surface area contributed by atoms with Crippen molar-refractivity contribution in [1.82, 2.24) is 0 Å². The van der Waals surface area contributed by atoms with Crippen LogP contribution in [0, 0.1) is 19.7 Å². The van der Waals surface area contributed by atoms with Crippen molar-refractivity contribution in [3.05, 3.63) is 111 Å². The molecule has 1 unspecified atom stereocenters. The number of esters is 1. The van der Waals surface area contributed by atoms with E-state index in [4.69, 9.17) is 30.5 Å². The van der Waals surface area contributed by atoms with Crippen LogP contribution in [0.2, 0.25) is 5.02 Å². The Morgan fingerprint density at radius 2 is 1.76 bits per heavy atom. The SMILES string of the molecule is COC(=O)C[C@@H]1COc2cc(OC3CCc4c(-c5c(C)cc(OCc6ccccc6)cc5C)c(Cl)cc(F)c43)ccc21. The zero-order valence-corrected chi connectivity index (χ0v) is 24.6. The molecule has 5 nitrogen and oxygen atoms in total. The molecule has 0 spiro atoms. The zero-order chi connectivity index (χ0) is 29.4. The Morgan fingerprint density at radius 3 is 2.50 bits per heavy atom. The number of ether oxygens (including phenoxy) is 4. The van der Waals surface area contributed by atoms with Crippen molar-refractivity contribution in [1.29, 1.82) is 0 Å². The molecule has 0 saturated heterocycles. The Balaban J connectivity index is 1.26. The van der Waals surface area contributed by atoms with Gasteiger partial charge in [-0.25, -0.2) is 4.39 Å². The molecule has 0 N–H and O–H groups in total. The Kier molecular flexibility index (Phi) is 7.82. The summed E-state index contributed by atoms with van der Waals surface area (Å²) in [6.07, 6.45) is 1.06. The van der Waals surface area contributed by atoms with E-state index >= 15 is 4.39 Å². The van der Waals surface area contributed by atoms with E-state index in [1.54, 1.807) is 0 Å². The number of aryl methyl sites for hydroxylation is 2. The largest absolute Gasteiger partial charge is 0.492 e. The molecule has 42 heavy (non-hydrogen) atoms. The van der Waals surface area contributed by atoms with Gasteiger partial charge in [0.25, 0.3) is 0 Å². The first kappa shape index (κ1) is 28.1. The molecule has 216 valence electrons. The van der Waals surface area contributed by atoms with Crippen LogP contribution in [0.25, 0.3) is 11.1 Å². The topological polar surface area (TPSA) is 54.0 Å². The maximum Gasteiger partial charge on any atom is 0.306 e. The highest BCUT2D eigenvalue weighted by atomic mass is 35.5. The number of carbonyl (C=O) groups excluding carboxylic acids is 1. The van der Waals surface area contributed by atoms with Crippen molar-refractivity contribution in [3.63, 3.8) is 0 Å². The summed E-state index contributed by atoms with van der Waals surface area (Å²) < 4.78 is 38.6. The van der Waals surface area contributed by atoms with E-state index in [-0.39, 0.29) is 24.1 Å². The van der Waals surface area contributed by atoms with Crippen LogP contribution < -0.4 is 14.2 Å². The quantitative estimate of drug-likeness (QED) is 0.194. The van der Waals surface area contributed by atoms with Crippen LogP contribution in [0.3, 0.4) is 0 Å². The monoisotopic (exact) mass is 586 g/mol. The highest BCUT2D eigenvalue weighted by Crippen LogP contribution is 2.47. The molecule has 0 bridgehead atoms. The van der Waals surface area contributed by atoms with Crippen molar-refractivity contribution in [3.8, 4) is 28.4 Å². The van der Waals surface area contributed by atoms with Crippen LogP contribution in [-0.2, 0) is 22.6 Å². The van der Waals surface area contributed by atoms with Crippen molar-refractivity contribution < 1.29 is 28.1 Å². The second kappa shape index (κ2) is 11.7. The molecule has 4 aromatic carbocycles. The number of carbonyl (C=O) groups is 1. The Morgan fingerprint density at radius 1 is 1.00 bits per heavy atom. The van der Waals surface area contributed by atoms with Gasteiger partial charge >= 0.3 is 5.97 Å². The molecule has 1 aliphatic heterocycles. The molecule has 7 heteroatoms. The van der Waals surface area contributed by atoms with Crippen LogP contribution in [0.5, 0.6) is 17.2 Å². The number of methoxy groups -OCH3 is 1.